The van der Waals surface area contributed by atoms with Gasteiger partial charge in [0, 0.05) is 40.8 Å². The van der Waals surface area contributed by atoms with Crippen LogP contribution in [0.3, 0.4) is 0 Å². The quantitative estimate of drug-likeness (QED) is 0.339. The summed E-state index contributed by atoms with van der Waals surface area (Å²) < 4.78 is 15.0. The number of carbonyl (C=O) groups excluding carboxylic acids is 2. The highest BCUT2D eigenvalue weighted by Gasteiger charge is 2.24. The Hall–Kier alpha value is -4.16. The molecule has 1 aliphatic heterocycles. The maximum absolute atomic E-state index is 15.0. The average Bonchev–Trinajstić information content (AvgIpc) is 2.88. The average molecular weight is 516 g/mol. The molecule has 1 aliphatic rings. The van der Waals surface area contributed by atoms with E-state index in [1.54, 1.807) is 41.4 Å². The molecule has 4 rings (SSSR count). The number of halogens is 2. The molecule has 2 N–H and O–H groups in total. The normalized spacial score (nSPS) is 13.4. The Morgan fingerprint density at radius 2 is 1.78 bits per heavy atom. The number of hydrogen-bond donors (Lipinski definition) is 2. The molecule has 1 atom stereocenters. The number of rotatable bonds is 8. The molecule has 0 saturated heterocycles. The van der Waals surface area contributed by atoms with E-state index in [4.69, 9.17) is 11.6 Å². The van der Waals surface area contributed by atoms with Crippen LogP contribution in [0.5, 0.6) is 0 Å². The summed E-state index contributed by atoms with van der Waals surface area (Å²) in [5.41, 5.74) is 3.86. The number of allylic oxidation sites excluding steroid dienone is 3. The number of anilines is 3. The van der Waals surface area contributed by atoms with Crippen LogP contribution in [-0.4, -0.2) is 11.8 Å². The maximum Gasteiger partial charge on any atom is 0.228 e. The Balaban J connectivity index is 1.51. The van der Waals surface area contributed by atoms with Gasteiger partial charge in [-0.2, -0.15) is 0 Å². The second-order valence-electron chi connectivity index (χ2n) is 8.80. The van der Waals surface area contributed by atoms with Gasteiger partial charge in [0.25, 0.3) is 0 Å². The molecule has 3 aromatic rings. The predicted octanol–water partition coefficient (Wildman–Crippen LogP) is 7.02. The van der Waals surface area contributed by atoms with Crippen molar-refractivity contribution in [2.45, 2.75) is 19.8 Å². The maximum atomic E-state index is 15.0. The number of benzene rings is 3. The molecule has 0 unspecified atom stereocenters. The molecule has 0 bridgehead atoms. The van der Waals surface area contributed by atoms with Gasteiger partial charge in [0.2, 0.25) is 11.8 Å². The van der Waals surface area contributed by atoms with Crippen molar-refractivity contribution in [2.75, 3.05) is 15.5 Å². The largest absolute Gasteiger partial charge is 0.326 e. The fourth-order valence-electron chi connectivity index (χ4n) is 4.05. The topological polar surface area (TPSA) is 61.4 Å². The monoisotopic (exact) mass is 515 g/mol. The summed E-state index contributed by atoms with van der Waals surface area (Å²) in [6.45, 7) is 5.91. The van der Waals surface area contributed by atoms with E-state index >= 15 is 4.39 Å². The van der Waals surface area contributed by atoms with E-state index < -0.39 is 17.6 Å². The SMILES string of the molecule is C=C1C=CC=CN1c1ccc(NC(=O)[C@H](CC(=O)Nc2ccc(Cl)cc2)Cc2ccccc2C)c(F)c1. The van der Waals surface area contributed by atoms with Crippen molar-refractivity contribution in [1.82, 2.24) is 0 Å². The number of carbonyl (C=O) groups is 2. The molecular formula is C30H27ClFN3O2. The Labute approximate surface area is 221 Å². The lowest BCUT2D eigenvalue weighted by molar-refractivity contribution is -0.124. The molecule has 0 radical (unpaired) electrons. The van der Waals surface area contributed by atoms with Crippen LogP contribution < -0.4 is 15.5 Å². The molecule has 1 heterocycles. The van der Waals surface area contributed by atoms with Crippen LogP contribution in [0.1, 0.15) is 17.5 Å². The van der Waals surface area contributed by atoms with Crippen LogP contribution in [0.2, 0.25) is 5.02 Å². The molecule has 0 saturated carbocycles. The Kier molecular flexibility index (Phi) is 8.21. The van der Waals surface area contributed by atoms with Gasteiger partial charge in [-0.15, -0.1) is 0 Å². The zero-order chi connectivity index (χ0) is 26.4. The van der Waals surface area contributed by atoms with Crippen LogP contribution in [-0.2, 0) is 16.0 Å². The lowest BCUT2D eigenvalue weighted by Gasteiger charge is -2.23. The van der Waals surface area contributed by atoms with Crippen molar-refractivity contribution < 1.29 is 14.0 Å². The molecule has 0 aliphatic carbocycles. The summed E-state index contributed by atoms with van der Waals surface area (Å²) >= 11 is 5.92. The summed E-state index contributed by atoms with van der Waals surface area (Å²) in [7, 11) is 0. The van der Waals surface area contributed by atoms with E-state index in [1.807, 2.05) is 49.4 Å². The lowest BCUT2D eigenvalue weighted by Crippen LogP contribution is -2.29. The van der Waals surface area contributed by atoms with Crippen LogP contribution in [0.4, 0.5) is 21.5 Å². The number of nitrogens with one attached hydrogen (secondary N) is 2. The third-order valence-electron chi connectivity index (χ3n) is 6.09. The lowest BCUT2D eigenvalue weighted by atomic mass is 9.92. The van der Waals surface area contributed by atoms with Crippen molar-refractivity contribution in [3.05, 3.63) is 125 Å². The van der Waals surface area contributed by atoms with Gasteiger partial charge in [-0.25, -0.2) is 4.39 Å². The molecule has 7 heteroatoms. The molecule has 2 amide bonds. The first-order chi connectivity index (χ1) is 17.8. The van der Waals surface area contributed by atoms with E-state index in [1.165, 1.54) is 12.1 Å². The molecule has 37 heavy (non-hydrogen) atoms. The predicted molar refractivity (Wildman–Crippen MR) is 148 cm³/mol. The number of amides is 2. The third kappa shape index (κ3) is 6.74. The zero-order valence-electron chi connectivity index (χ0n) is 20.4. The molecular weight excluding hydrogens is 489 g/mol. The first-order valence-corrected chi connectivity index (χ1v) is 12.2. The number of hydrogen-bond acceptors (Lipinski definition) is 3. The fraction of sp³-hybridized carbons (Fsp3) is 0.133. The van der Waals surface area contributed by atoms with Crippen molar-refractivity contribution in [1.29, 1.82) is 0 Å². The molecule has 0 spiro atoms. The van der Waals surface area contributed by atoms with E-state index in [2.05, 4.69) is 17.2 Å². The van der Waals surface area contributed by atoms with Gasteiger partial charge in [0.05, 0.1) is 11.6 Å². The Morgan fingerprint density at radius 3 is 2.49 bits per heavy atom. The Morgan fingerprint density at radius 1 is 1.03 bits per heavy atom. The molecule has 0 aromatic heterocycles. The second kappa shape index (κ2) is 11.7. The second-order valence-corrected chi connectivity index (χ2v) is 9.24. The van der Waals surface area contributed by atoms with E-state index in [-0.39, 0.29) is 18.0 Å². The van der Waals surface area contributed by atoms with Gasteiger partial charge in [0.15, 0.2) is 0 Å². The van der Waals surface area contributed by atoms with Gasteiger partial charge in [-0.05, 0) is 73.0 Å². The van der Waals surface area contributed by atoms with Crippen molar-refractivity contribution >= 4 is 40.5 Å². The summed E-state index contributed by atoms with van der Waals surface area (Å²) in [6, 6.07) is 19.0. The highest BCUT2D eigenvalue weighted by molar-refractivity contribution is 6.30. The summed E-state index contributed by atoms with van der Waals surface area (Å²) in [6.07, 6.45) is 7.53. The van der Waals surface area contributed by atoms with Crippen molar-refractivity contribution in [2.24, 2.45) is 5.92 Å². The third-order valence-corrected chi connectivity index (χ3v) is 6.34. The fourth-order valence-corrected chi connectivity index (χ4v) is 4.18. The zero-order valence-corrected chi connectivity index (χ0v) is 21.1. The van der Waals surface area contributed by atoms with E-state index in [9.17, 15) is 9.59 Å². The summed E-state index contributed by atoms with van der Waals surface area (Å²) in [4.78, 5) is 27.9. The van der Waals surface area contributed by atoms with Crippen LogP contribution in [0.15, 0.2) is 103 Å². The highest BCUT2D eigenvalue weighted by Crippen LogP contribution is 2.27. The van der Waals surface area contributed by atoms with Crippen LogP contribution in [0.25, 0.3) is 0 Å². The summed E-state index contributed by atoms with van der Waals surface area (Å²) in [5, 5.41) is 6.04. The van der Waals surface area contributed by atoms with Gasteiger partial charge >= 0.3 is 0 Å². The standard InChI is InChI=1S/C30H27ClFN3O2/c1-20-7-3-4-9-22(20)17-23(18-29(36)33-25-12-10-24(31)11-13-25)30(37)34-28-15-14-26(19-27(28)32)35-16-6-5-8-21(35)2/h3-16,19,23H,2,17-18H2,1H3,(H,33,36)(H,34,37)/t23-/m0/s1. The number of nitrogens with zero attached hydrogens (tertiary/aromatic N) is 1. The molecule has 188 valence electrons. The van der Waals surface area contributed by atoms with Gasteiger partial charge in [-0.1, -0.05) is 48.5 Å². The minimum atomic E-state index is -0.720. The first kappa shape index (κ1) is 25.9. The molecule has 5 nitrogen and oxygen atoms in total. The first-order valence-electron chi connectivity index (χ1n) is 11.8. The van der Waals surface area contributed by atoms with Gasteiger partial charge < -0.3 is 15.5 Å². The minimum absolute atomic E-state index is 0.0452. The van der Waals surface area contributed by atoms with Crippen LogP contribution >= 0.6 is 11.6 Å². The molecule has 0 fully saturated rings. The van der Waals surface area contributed by atoms with E-state index in [0.717, 1.165) is 11.1 Å². The van der Waals surface area contributed by atoms with Crippen molar-refractivity contribution in [3.8, 4) is 0 Å². The Bertz CT molecular complexity index is 1380. The van der Waals surface area contributed by atoms with E-state index in [0.29, 0.717) is 28.5 Å². The highest BCUT2D eigenvalue weighted by atomic mass is 35.5. The minimum Gasteiger partial charge on any atom is -0.326 e. The van der Waals surface area contributed by atoms with Gasteiger partial charge in [-0.3, -0.25) is 9.59 Å². The summed E-state index contributed by atoms with van der Waals surface area (Å²) in [5.74, 6) is -2.06. The molecule has 3 aromatic carbocycles. The van der Waals surface area contributed by atoms with Crippen LogP contribution in [0, 0.1) is 18.7 Å². The smallest absolute Gasteiger partial charge is 0.228 e. The van der Waals surface area contributed by atoms with Gasteiger partial charge in [0.1, 0.15) is 5.82 Å². The number of aryl methyl sites for hydroxylation is 1. The van der Waals surface area contributed by atoms with Crippen molar-refractivity contribution in [3.63, 3.8) is 0 Å².